The fraction of sp³-hybridized carbons (Fsp3) is 0.476. The first kappa shape index (κ1) is 17.6. The second kappa shape index (κ2) is 7.48. The van der Waals surface area contributed by atoms with E-state index in [1.807, 2.05) is 36.1 Å². The van der Waals surface area contributed by atoms with Gasteiger partial charge in [-0.05, 0) is 55.5 Å². The van der Waals surface area contributed by atoms with E-state index in [1.54, 1.807) is 0 Å². The van der Waals surface area contributed by atoms with E-state index in [0.29, 0.717) is 12.6 Å². The van der Waals surface area contributed by atoms with Crippen LogP contribution < -0.4 is 4.74 Å². The normalized spacial score (nSPS) is 18.8. The van der Waals surface area contributed by atoms with E-state index in [1.165, 1.54) is 11.1 Å². The second-order valence-corrected chi connectivity index (χ2v) is 7.47. The summed E-state index contributed by atoms with van der Waals surface area (Å²) in [6.07, 6.45) is 6.61. The topological polar surface area (TPSA) is 71.3 Å². The van der Waals surface area contributed by atoms with E-state index < -0.39 is 0 Å². The fourth-order valence-corrected chi connectivity index (χ4v) is 3.99. The van der Waals surface area contributed by atoms with Crippen LogP contribution in [-0.2, 0) is 22.5 Å². The van der Waals surface area contributed by atoms with E-state index in [9.17, 15) is 0 Å². The van der Waals surface area contributed by atoms with Gasteiger partial charge < -0.3 is 14.2 Å². The average Bonchev–Trinajstić information content (AvgIpc) is 3.25. The molecule has 0 unspecified atom stereocenters. The lowest BCUT2D eigenvalue weighted by molar-refractivity contribution is 0.0657. The summed E-state index contributed by atoms with van der Waals surface area (Å²) in [4.78, 5) is 4.56. The van der Waals surface area contributed by atoms with Gasteiger partial charge >= 0.3 is 0 Å². The Balaban J connectivity index is 1.36. The van der Waals surface area contributed by atoms with Crippen LogP contribution in [0.25, 0.3) is 10.9 Å². The highest BCUT2D eigenvalue weighted by atomic mass is 16.5. The third-order valence-corrected chi connectivity index (χ3v) is 5.62. The van der Waals surface area contributed by atoms with Crippen LogP contribution >= 0.6 is 0 Å². The van der Waals surface area contributed by atoms with E-state index in [-0.39, 0.29) is 6.10 Å². The molecule has 2 aliphatic heterocycles. The van der Waals surface area contributed by atoms with Gasteiger partial charge in [-0.25, -0.2) is 4.68 Å². The van der Waals surface area contributed by atoms with Crippen molar-refractivity contribution in [3.8, 4) is 5.75 Å². The molecule has 3 aromatic rings. The van der Waals surface area contributed by atoms with Crippen molar-refractivity contribution in [2.75, 3.05) is 19.8 Å². The molecule has 0 amide bonds. The maximum atomic E-state index is 6.20. The van der Waals surface area contributed by atoms with Crippen LogP contribution in [0.4, 0.5) is 0 Å². The maximum absolute atomic E-state index is 6.20. The Morgan fingerprint density at radius 1 is 1.18 bits per heavy atom. The van der Waals surface area contributed by atoms with Crippen molar-refractivity contribution in [2.45, 2.75) is 44.9 Å². The van der Waals surface area contributed by atoms with Gasteiger partial charge in [0, 0.05) is 24.8 Å². The minimum Gasteiger partial charge on any atom is -0.484 e. The molecule has 0 aliphatic carbocycles. The first-order valence-corrected chi connectivity index (χ1v) is 9.92. The zero-order chi connectivity index (χ0) is 18.9. The van der Waals surface area contributed by atoms with Crippen LogP contribution in [0, 0.1) is 0 Å². The summed E-state index contributed by atoms with van der Waals surface area (Å²) >= 11 is 0. The number of rotatable bonds is 4. The van der Waals surface area contributed by atoms with Crippen LogP contribution in [0.3, 0.4) is 0 Å². The number of nitrogens with zero attached hydrogens (tertiary/aromatic N) is 4. The molecule has 2 aromatic heterocycles. The molecule has 5 rings (SSSR count). The van der Waals surface area contributed by atoms with Crippen LogP contribution in [0.5, 0.6) is 5.75 Å². The molecular formula is C21H24N4O3. The van der Waals surface area contributed by atoms with Gasteiger partial charge in [0.05, 0.1) is 31.0 Å². The van der Waals surface area contributed by atoms with E-state index in [0.717, 1.165) is 61.4 Å². The van der Waals surface area contributed by atoms with E-state index in [2.05, 4.69) is 21.4 Å². The molecule has 4 heterocycles. The summed E-state index contributed by atoms with van der Waals surface area (Å²) in [7, 11) is 0. The predicted molar refractivity (Wildman–Crippen MR) is 103 cm³/mol. The third kappa shape index (κ3) is 3.36. The van der Waals surface area contributed by atoms with Gasteiger partial charge in [-0.2, -0.15) is 0 Å². The molecule has 1 fully saturated rings. The van der Waals surface area contributed by atoms with Crippen molar-refractivity contribution < 1.29 is 14.2 Å². The molecule has 146 valence electrons. The van der Waals surface area contributed by atoms with Crippen molar-refractivity contribution in [3.05, 3.63) is 47.4 Å². The van der Waals surface area contributed by atoms with Crippen molar-refractivity contribution >= 4 is 10.9 Å². The molecule has 0 spiro atoms. The van der Waals surface area contributed by atoms with Crippen molar-refractivity contribution in [1.29, 1.82) is 0 Å². The lowest BCUT2D eigenvalue weighted by Crippen LogP contribution is -2.20. The highest BCUT2D eigenvalue weighted by Gasteiger charge is 2.20. The zero-order valence-corrected chi connectivity index (χ0v) is 16.0. The van der Waals surface area contributed by atoms with Gasteiger partial charge in [0.25, 0.3) is 0 Å². The Labute approximate surface area is 163 Å². The minimum absolute atomic E-state index is 0.179. The van der Waals surface area contributed by atoms with Crippen molar-refractivity contribution in [2.24, 2.45) is 0 Å². The summed E-state index contributed by atoms with van der Waals surface area (Å²) in [5.74, 6) is 0.822. The molecule has 1 saturated heterocycles. The van der Waals surface area contributed by atoms with Crippen molar-refractivity contribution in [3.63, 3.8) is 0 Å². The molecule has 0 bridgehead atoms. The van der Waals surface area contributed by atoms with Crippen LogP contribution in [0.2, 0.25) is 0 Å². The number of benzene rings is 1. The van der Waals surface area contributed by atoms with E-state index >= 15 is 0 Å². The van der Waals surface area contributed by atoms with Gasteiger partial charge in [-0.1, -0.05) is 5.21 Å². The number of pyridine rings is 1. The zero-order valence-electron chi connectivity index (χ0n) is 16.0. The Morgan fingerprint density at radius 2 is 2.07 bits per heavy atom. The molecule has 1 atom stereocenters. The second-order valence-electron chi connectivity index (χ2n) is 7.47. The van der Waals surface area contributed by atoms with Gasteiger partial charge in [-0.3, -0.25) is 4.98 Å². The molecule has 7 nitrogen and oxygen atoms in total. The van der Waals surface area contributed by atoms with Gasteiger partial charge in [0.2, 0.25) is 0 Å². The quantitative estimate of drug-likeness (QED) is 0.691. The maximum Gasteiger partial charge on any atom is 0.141 e. The first-order chi connectivity index (χ1) is 13.8. The molecule has 0 radical (unpaired) electrons. The summed E-state index contributed by atoms with van der Waals surface area (Å²) in [6, 6.07) is 6.45. The smallest absolute Gasteiger partial charge is 0.141 e. The van der Waals surface area contributed by atoms with Crippen LogP contribution in [0.1, 0.15) is 48.7 Å². The van der Waals surface area contributed by atoms with Crippen LogP contribution in [0.15, 0.2) is 30.6 Å². The number of hydrogen-bond donors (Lipinski definition) is 0. The Bertz CT molecular complexity index is 981. The average molecular weight is 380 g/mol. The Kier molecular flexibility index (Phi) is 4.70. The number of aromatic nitrogens is 4. The largest absolute Gasteiger partial charge is 0.484 e. The van der Waals surface area contributed by atoms with Gasteiger partial charge in [-0.15, -0.1) is 5.10 Å². The first-order valence-electron chi connectivity index (χ1n) is 9.92. The molecule has 1 aromatic carbocycles. The molecule has 0 N–H and O–H groups in total. The molecule has 28 heavy (non-hydrogen) atoms. The monoisotopic (exact) mass is 380 g/mol. The summed E-state index contributed by atoms with van der Waals surface area (Å²) in [6.45, 7) is 4.96. The molecule has 7 heteroatoms. The van der Waals surface area contributed by atoms with E-state index in [4.69, 9.17) is 14.2 Å². The minimum atomic E-state index is -0.179. The Hall–Kier alpha value is -2.51. The summed E-state index contributed by atoms with van der Waals surface area (Å²) < 4.78 is 19.1. The lowest BCUT2D eigenvalue weighted by atomic mass is 10.00. The number of ether oxygens (including phenoxy) is 3. The van der Waals surface area contributed by atoms with Gasteiger partial charge in [0.1, 0.15) is 17.5 Å². The summed E-state index contributed by atoms with van der Waals surface area (Å²) in [5, 5.41) is 9.81. The van der Waals surface area contributed by atoms with Gasteiger partial charge in [0.15, 0.2) is 0 Å². The third-order valence-electron chi connectivity index (χ3n) is 5.62. The van der Waals surface area contributed by atoms with Crippen LogP contribution in [-0.4, -0.2) is 39.8 Å². The number of hydrogen-bond acceptors (Lipinski definition) is 6. The highest BCUT2D eigenvalue weighted by molar-refractivity contribution is 5.84. The number of fused-ring (bicyclic) bond motifs is 3. The highest BCUT2D eigenvalue weighted by Crippen LogP contribution is 2.30. The predicted octanol–water partition coefficient (Wildman–Crippen LogP) is 3.39. The molecule has 2 aliphatic rings. The fourth-order valence-electron chi connectivity index (χ4n) is 3.99. The van der Waals surface area contributed by atoms with Crippen molar-refractivity contribution in [1.82, 2.24) is 20.0 Å². The standard InChI is InChI=1S/C21H24N4O3/c1-14(21-12-25(24-23-21)16-4-7-26-8-5-16)28-17-2-3-20-19(10-17)18-6-9-27-13-15(18)11-22-20/h2-3,10-12,14,16H,4-9,13H2,1H3/t14-/m1/s1. The summed E-state index contributed by atoms with van der Waals surface area (Å²) in [5.41, 5.74) is 4.32. The molecule has 0 saturated carbocycles. The SMILES string of the molecule is C[C@@H](Oc1ccc2ncc3c(c2c1)CCOC3)c1cn(C2CCOCC2)nn1. The Morgan fingerprint density at radius 3 is 2.96 bits per heavy atom. The molecular weight excluding hydrogens is 356 g/mol. The lowest BCUT2D eigenvalue weighted by Gasteiger charge is -2.21.